The highest BCUT2D eigenvalue weighted by atomic mass is 32.1. The van der Waals surface area contributed by atoms with E-state index in [1.54, 1.807) is 17.5 Å². The first kappa shape index (κ1) is 16.1. The Hall–Kier alpha value is -1.34. The van der Waals surface area contributed by atoms with E-state index in [-0.39, 0.29) is 12.2 Å². The predicted molar refractivity (Wildman–Crippen MR) is 92.8 cm³/mol. The Morgan fingerprint density at radius 2 is 2.42 bits per heavy atom. The van der Waals surface area contributed by atoms with Crippen LogP contribution in [0.25, 0.3) is 0 Å². The maximum atomic E-state index is 6.21. The van der Waals surface area contributed by atoms with Crippen LogP contribution in [0.15, 0.2) is 29.9 Å². The molecule has 2 aromatic heterocycles. The van der Waals surface area contributed by atoms with Crippen molar-refractivity contribution in [1.29, 1.82) is 0 Å². The van der Waals surface area contributed by atoms with Gasteiger partial charge in [-0.1, -0.05) is 6.07 Å². The van der Waals surface area contributed by atoms with Gasteiger partial charge in [0.15, 0.2) is 0 Å². The van der Waals surface area contributed by atoms with Gasteiger partial charge in [0.2, 0.25) is 0 Å². The fraction of sp³-hybridized carbons (Fsp3) is 0.556. The summed E-state index contributed by atoms with van der Waals surface area (Å²) in [4.78, 5) is 11.3. The Morgan fingerprint density at radius 3 is 3.21 bits per heavy atom. The molecule has 0 aliphatic carbocycles. The number of rotatable bonds is 5. The molecule has 2 aromatic rings. The van der Waals surface area contributed by atoms with Crippen LogP contribution in [-0.2, 0) is 22.6 Å². The van der Waals surface area contributed by atoms with Crippen molar-refractivity contribution in [3.05, 3.63) is 46.2 Å². The lowest BCUT2D eigenvalue weighted by Crippen LogP contribution is -2.41. The average Bonchev–Trinajstić information content (AvgIpc) is 3.18. The van der Waals surface area contributed by atoms with Crippen molar-refractivity contribution in [3.8, 4) is 0 Å². The van der Waals surface area contributed by atoms with Crippen LogP contribution in [0, 0.1) is 6.92 Å². The van der Waals surface area contributed by atoms with Crippen LogP contribution in [0.5, 0.6) is 0 Å². The van der Waals surface area contributed by atoms with E-state index >= 15 is 0 Å². The van der Waals surface area contributed by atoms with Gasteiger partial charge in [0.25, 0.3) is 0 Å². The number of hydrogen-bond donors (Lipinski definition) is 0. The molecule has 0 unspecified atom stereocenters. The molecule has 2 aliphatic heterocycles. The monoisotopic (exact) mass is 345 g/mol. The van der Waals surface area contributed by atoms with Gasteiger partial charge in [-0.25, -0.2) is 4.98 Å². The summed E-state index contributed by atoms with van der Waals surface area (Å²) in [5, 5.41) is 3.31. The Balaban J connectivity index is 1.42. The van der Waals surface area contributed by atoms with E-state index in [0.717, 1.165) is 37.4 Å². The molecule has 4 rings (SSSR count). The molecule has 24 heavy (non-hydrogen) atoms. The number of nitrogens with zero attached hydrogens (tertiary/aromatic N) is 3. The number of likely N-dealkylation sites (tertiary alicyclic amines) is 1. The van der Waals surface area contributed by atoms with Crippen LogP contribution in [-0.4, -0.2) is 46.3 Å². The topological polar surface area (TPSA) is 47.5 Å². The largest absolute Gasteiger partial charge is 0.374 e. The predicted octanol–water partition coefficient (Wildman–Crippen LogP) is 2.80. The number of pyridine rings is 1. The highest BCUT2D eigenvalue weighted by Crippen LogP contribution is 2.32. The molecular formula is C18H23N3O2S. The molecule has 0 bridgehead atoms. The van der Waals surface area contributed by atoms with Gasteiger partial charge in [-0.15, -0.1) is 11.3 Å². The van der Waals surface area contributed by atoms with Crippen LogP contribution >= 0.6 is 11.3 Å². The Morgan fingerprint density at radius 1 is 1.46 bits per heavy atom. The van der Waals surface area contributed by atoms with E-state index in [4.69, 9.17) is 9.47 Å². The number of hydrogen-bond acceptors (Lipinski definition) is 6. The number of ether oxygens (including phenoxy) is 2. The summed E-state index contributed by atoms with van der Waals surface area (Å²) in [5.74, 6) is 0. The minimum atomic E-state index is 0.122. The van der Waals surface area contributed by atoms with Gasteiger partial charge in [0, 0.05) is 42.7 Å². The van der Waals surface area contributed by atoms with Gasteiger partial charge in [0.1, 0.15) is 11.1 Å². The third-order valence-electron chi connectivity index (χ3n) is 4.78. The number of aromatic nitrogens is 2. The zero-order valence-corrected chi connectivity index (χ0v) is 14.7. The molecule has 128 valence electrons. The van der Waals surface area contributed by atoms with Crippen LogP contribution in [0.4, 0.5) is 0 Å². The minimum absolute atomic E-state index is 0.122. The molecule has 0 saturated carbocycles. The maximum Gasteiger partial charge on any atom is 0.107 e. The van der Waals surface area contributed by atoms with Crippen molar-refractivity contribution in [2.24, 2.45) is 0 Å². The normalized spacial score (nSPS) is 27.3. The number of aryl methyl sites for hydroxylation is 1. The van der Waals surface area contributed by atoms with Crippen molar-refractivity contribution < 1.29 is 9.47 Å². The molecule has 6 heteroatoms. The second kappa shape index (κ2) is 7.27. The number of thiazole rings is 1. The summed E-state index contributed by atoms with van der Waals surface area (Å²) in [6.07, 6.45) is 6.26. The summed E-state index contributed by atoms with van der Waals surface area (Å²) in [7, 11) is 0. The van der Waals surface area contributed by atoms with Crippen LogP contribution in [0.2, 0.25) is 0 Å². The first-order chi connectivity index (χ1) is 11.8. The van der Waals surface area contributed by atoms with Crippen molar-refractivity contribution in [2.75, 3.05) is 13.2 Å². The van der Waals surface area contributed by atoms with Gasteiger partial charge in [-0.3, -0.25) is 9.88 Å². The van der Waals surface area contributed by atoms with Crippen molar-refractivity contribution >= 4 is 11.3 Å². The van der Waals surface area contributed by atoms with Gasteiger partial charge < -0.3 is 9.47 Å². The first-order valence-electron chi connectivity index (χ1n) is 8.57. The fourth-order valence-corrected chi connectivity index (χ4v) is 4.46. The molecule has 0 spiro atoms. The second-order valence-corrected chi connectivity index (χ2v) is 7.51. The van der Waals surface area contributed by atoms with Gasteiger partial charge in [-0.05, 0) is 31.4 Å². The van der Waals surface area contributed by atoms with Gasteiger partial charge in [-0.2, -0.15) is 0 Å². The molecular weight excluding hydrogens is 322 g/mol. The summed E-state index contributed by atoms with van der Waals surface area (Å²) in [5.41, 5.74) is 2.22. The highest BCUT2D eigenvalue weighted by Gasteiger charge is 2.44. The molecule has 2 fully saturated rings. The van der Waals surface area contributed by atoms with Crippen molar-refractivity contribution in [1.82, 2.24) is 14.9 Å². The molecule has 0 radical (unpaired) electrons. The lowest BCUT2D eigenvalue weighted by atomic mass is 10.0. The molecule has 2 aliphatic rings. The Kier molecular flexibility index (Phi) is 4.89. The van der Waals surface area contributed by atoms with Crippen molar-refractivity contribution in [3.63, 3.8) is 0 Å². The standard InChI is InChI=1S/C18H23N3O2S/c1-13-12-24-17(20-13)10-21-9-16(18-15(21)5-3-7-22-18)23-11-14-4-2-6-19-8-14/h2,4,6,8,12,15-16,18H,3,5,7,9-11H2,1H3/t15-,16-,18+/m1/s1. The molecule has 0 amide bonds. The van der Waals surface area contributed by atoms with E-state index in [9.17, 15) is 0 Å². The van der Waals surface area contributed by atoms with E-state index in [0.29, 0.717) is 12.6 Å². The summed E-state index contributed by atoms with van der Waals surface area (Å²) in [6, 6.07) is 4.45. The Labute approximate surface area is 146 Å². The first-order valence-corrected chi connectivity index (χ1v) is 9.45. The highest BCUT2D eigenvalue weighted by molar-refractivity contribution is 7.09. The lowest BCUT2D eigenvalue weighted by molar-refractivity contribution is -0.0819. The van der Waals surface area contributed by atoms with Gasteiger partial charge in [0.05, 0.1) is 19.3 Å². The summed E-state index contributed by atoms with van der Waals surface area (Å²) in [6.45, 7) is 5.30. The van der Waals surface area contributed by atoms with Crippen LogP contribution < -0.4 is 0 Å². The minimum Gasteiger partial charge on any atom is -0.374 e. The molecule has 2 saturated heterocycles. The molecule has 3 atom stereocenters. The second-order valence-electron chi connectivity index (χ2n) is 6.57. The average molecular weight is 345 g/mol. The fourth-order valence-electron chi connectivity index (χ4n) is 3.67. The van der Waals surface area contributed by atoms with E-state index in [1.165, 1.54) is 11.4 Å². The van der Waals surface area contributed by atoms with Crippen LogP contribution in [0.1, 0.15) is 29.1 Å². The smallest absolute Gasteiger partial charge is 0.107 e. The van der Waals surface area contributed by atoms with Crippen LogP contribution in [0.3, 0.4) is 0 Å². The molecule has 0 aromatic carbocycles. The van der Waals surface area contributed by atoms with E-state index in [1.807, 2.05) is 12.3 Å². The summed E-state index contributed by atoms with van der Waals surface area (Å²) < 4.78 is 12.3. The number of fused-ring (bicyclic) bond motifs is 1. The molecule has 5 nitrogen and oxygen atoms in total. The zero-order chi connectivity index (χ0) is 16.4. The van der Waals surface area contributed by atoms with E-state index in [2.05, 4.69) is 33.2 Å². The summed E-state index contributed by atoms with van der Waals surface area (Å²) >= 11 is 1.74. The third kappa shape index (κ3) is 3.52. The maximum absolute atomic E-state index is 6.21. The molecule has 0 N–H and O–H groups in total. The van der Waals surface area contributed by atoms with E-state index < -0.39 is 0 Å². The van der Waals surface area contributed by atoms with Crippen molar-refractivity contribution in [2.45, 2.75) is 51.2 Å². The third-order valence-corrected chi connectivity index (χ3v) is 5.73. The Bertz CT molecular complexity index is 663. The zero-order valence-electron chi connectivity index (χ0n) is 13.9. The van der Waals surface area contributed by atoms with Gasteiger partial charge >= 0.3 is 0 Å². The lowest BCUT2D eigenvalue weighted by Gasteiger charge is -2.32. The molecule has 4 heterocycles. The SMILES string of the molecule is Cc1csc(CN2C[C@@H](OCc3cccnc3)[C@H]3OCCC[C@H]32)n1. The quantitative estimate of drug-likeness (QED) is 0.834.